The highest BCUT2D eigenvalue weighted by atomic mass is 16.3. The molecule has 76 valence electrons. The molecule has 0 aromatic carbocycles. The SMILES string of the molecule is Cc1cc(=O)[nH]c([O-])c1-[n+]1ccccc1. The fourth-order valence-electron chi connectivity index (χ4n) is 1.52. The zero-order valence-electron chi connectivity index (χ0n) is 8.23. The molecule has 2 rings (SSSR count). The van der Waals surface area contributed by atoms with Gasteiger partial charge in [0.2, 0.25) is 11.2 Å². The summed E-state index contributed by atoms with van der Waals surface area (Å²) in [5.74, 6) is -0.365. The van der Waals surface area contributed by atoms with Crippen LogP contribution in [0.5, 0.6) is 5.88 Å². The molecule has 0 atom stereocenters. The predicted molar refractivity (Wildman–Crippen MR) is 52.8 cm³/mol. The van der Waals surface area contributed by atoms with Crippen molar-refractivity contribution in [3.8, 4) is 11.6 Å². The fourth-order valence-corrected chi connectivity index (χ4v) is 1.52. The quantitative estimate of drug-likeness (QED) is 0.663. The molecule has 0 aliphatic carbocycles. The van der Waals surface area contributed by atoms with Crippen molar-refractivity contribution in [1.82, 2.24) is 4.98 Å². The average Bonchev–Trinajstić information content (AvgIpc) is 2.17. The highest BCUT2D eigenvalue weighted by molar-refractivity contribution is 5.38. The van der Waals surface area contributed by atoms with E-state index in [4.69, 9.17) is 0 Å². The van der Waals surface area contributed by atoms with Crippen LogP contribution < -0.4 is 15.2 Å². The van der Waals surface area contributed by atoms with Crippen LogP contribution in [0.4, 0.5) is 0 Å². The van der Waals surface area contributed by atoms with E-state index >= 15 is 0 Å². The van der Waals surface area contributed by atoms with Gasteiger partial charge in [-0.1, -0.05) is 6.07 Å². The van der Waals surface area contributed by atoms with Crippen LogP contribution in [0.2, 0.25) is 0 Å². The molecule has 1 N–H and O–H groups in total. The summed E-state index contributed by atoms with van der Waals surface area (Å²) in [5, 5.41) is 11.6. The number of aromatic amines is 1. The summed E-state index contributed by atoms with van der Waals surface area (Å²) in [6.07, 6.45) is 3.53. The Bertz CT molecular complexity index is 506. The second-order valence-corrected chi connectivity index (χ2v) is 3.28. The summed E-state index contributed by atoms with van der Waals surface area (Å²) in [4.78, 5) is 13.3. The van der Waals surface area contributed by atoms with E-state index in [1.165, 1.54) is 6.07 Å². The maximum atomic E-state index is 11.6. The lowest BCUT2D eigenvalue weighted by atomic mass is 10.2. The van der Waals surface area contributed by atoms with E-state index in [0.29, 0.717) is 11.3 Å². The van der Waals surface area contributed by atoms with E-state index in [9.17, 15) is 9.90 Å². The van der Waals surface area contributed by atoms with Crippen LogP contribution >= 0.6 is 0 Å². The van der Waals surface area contributed by atoms with E-state index < -0.39 is 0 Å². The lowest BCUT2D eigenvalue weighted by molar-refractivity contribution is -0.600. The zero-order chi connectivity index (χ0) is 10.8. The number of nitrogens with one attached hydrogen (secondary N) is 1. The number of pyridine rings is 2. The van der Waals surface area contributed by atoms with Gasteiger partial charge < -0.3 is 10.1 Å². The van der Waals surface area contributed by atoms with Gasteiger partial charge in [0, 0.05) is 29.6 Å². The van der Waals surface area contributed by atoms with Gasteiger partial charge in [0.1, 0.15) is 0 Å². The third kappa shape index (κ3) is 1.74. The van der Waals surface area contributed by atoms with Crippen LogP contribution in [0.3, 0.4) is 0 Å². The number of aromatic nitrogens is 2. The van der Waals surface area contributed by atoms with Crippen molar-refractivity contribution < 1.29 is 9.67 Å². The van der Waals surface area contributed by atoms with Crippen molar-refractivity contribution in [3.05, 3.63) is 52.6 Å². The monoisotopic (exact) mass is 202 g/mol. The molecule has 0 amide bonds. The Balaban J connectivity index is 2.69. The van der Waals surface area contributed by atoms with E-state index in [1.807, 2.05) is 18.2 Å². The van der Waals surface area contributed by atoms with Gasteiger partial charge in [-0.2, -0.15) is 4.57 Å². The van der Waals surface area contributed by atoms with E-state index in [0.717, 1.165) is 0 Å². The minimum absolute atomic E-state index is 0.363. The van der Waals surface area contributed by atoms with Gasteiger partial charge in [-0.25, -0.2) is 0 Å². The first-order chi connectivity index (χ1) is 7.18. The van der Waals surface area contributed by atoms with Gasteiger partial charge in [-0.15, -0.1) is 0 Å². The topological polar surface area (TPSA) is 59.8 Å². The van der Waals surface area contributed by atoms with Crippen LogP contribution in [0.1, 0.15) is 5.56 Å². The molecule has 15 heavy (non-hydrogen) atoms. The Morgan fingerprint density at radius 1 is 1.27 bits per heavy atom. The van der Waals surface area contributed by atoms with E-state index in [1.54, 1.807) is 23.9 Å². The van der Waals surface area contributed by atoms with Crippen LogP contribution in [0.15, 0.2) is 41.5 Å². The van der Waals surface area contributed by atoms with Gasteiger partial charge in [-0.05, 0) is 6.92 Å². The van der Waals surface area contributed by atoms with Crippen LogP contribution in [0, 0.1) is 6.92 Å². The smallest absolute Gasteiger partial charge is 0.248 e. The first-order valence-electron chi connectivity index (χ1n) is 4.56. The molecule has 0 spiro atoms. The van der Waals surface area contributed by atoms with Gasteiger partial charge in [0.05, 0.1) is 0 Å². The average molecular weight is 202 g/mol. The van der Waals surface area contributed by atoms with Crippen molar-refractivity contribution in [2.75, 3.05) is 0 Å². The van der Waals surface area contributed by atoms with Gasteiger partial charge >= 0.3 is 0 Å². The summed E-state index contributed by atoms with van der Waals surface area (Å²) >= 11 is 0. The predicted octanol–water partition coefficient (Wildman–Crippen LogP) is 0.0336. The molecule has 2 heterocycles. The Morgan fingerprint density at radius 3 is 2.53 bits per heavy atom. The van der Waals surface area contributed by atoms with Crippen LogP contribution in [-0.4, -0.2) is 4.98 Å². The van der Waals surface area contributed by atoms with Crippen molar-refractivity contribution in [1.29, 1.82) is 0 Å². The highest BCUT2D eigenvalue weighted by Crippen LogP contribution is 2.11. The lowest BCUT2D eigenvalue weighted by Crippen LogP contribution is -2.33. The molecular weight excluding hydrogens is 192 g/mol. The Kier molecular flexibility index (Phi) is 2.25. The number of aryl methyl sites for hydroxylation is 1. The van der Waals surface area contributed by atoms with Crippen LogP contribution in [0.25, 0.3) is 5.69 Å². The van der Waals surface area contributed by atoms with Crippen molar-refractivity contribution in [2.24, 2.45) is 0 Å². The fraction of sp³-hybridized carbons (Fsp3) is 0.0909. The zero-order valence-corrected chi connectivity index (χ0v) is 8.23. The molecule has 0 unspecified atom stereocenters. The lowest BCUT2D eigenvalue weighted by Gasteiger charge is -2.09. The maximum absolute atomic E-state index is 11.6. The summed E-state index contributed by atoms with van der Waals surface area (Å²) in [6, 6.07) is 6.92. The highest BCUT2D eigenvalue weighted by Gasteiger charge is 2.10. The molecular formula is C11H10N2O2. The van der Waals surface area contributed by atoms with Crippen molar-refractivity contribution in [3.63, 3.8) is 0 Å². The minimum atomic E-state index is -0.365. The second kappa shape index (κ2) is 3.57. The number of rotatable bonds is 1. The molecule has 4 nitrogen and oxygen atoms in total. The van der Waals surface area contributed by atoms with Gasteiger partial charge in [-0.3, -0.25) is 4.79 Å². The molecule has 0 saturated heterocycles. The Morgan fingerprint density at radius 2 is 1.93 bits per heavy atom. The molecule has 0 fully saturated rings. The summed E-state index contributed by atoms with van der Waals surface area (Å²) in [5.41, 5.74) is 0.785. The molecule has 2 aromatic heterocycles. The number of nitrogens with zero attached hydrogens (tertiary/aromatic N) is 1. The van der Waals surface area contributed by atoms with Crippen molar-refractivity contribution in [2.45, 2.75) is 6.92 Å². The van der Waals surface area contributed by atoms with Gasteiger partial charge in [0.15, 0.2) is 12.4 Å². The molecule has 0 aliphatic heterocycles. The number of H-pyrrole nitrogens is 1. The maximum Gasteiger partial charge on any atom is 0.248 e. The first-order valence-corrected chi connectivity index (χ1v) is 4.56. The molecule has 4 heteroatoms. The Labute approximate surface area is 86.5 Å². The Hall–Kier alpha value is -2.10. The number of hydrogen-bond donors (Lipinski definition) is 1. The largest absolute Gasteiger partial charge is 0.856 e. The van der Waals surface area contributed by atoms with Crippen LogP contribution in [-0.2, 0) is 0 Å². The summed E-state index contributed by atoms with van der Waals surface area (Å²) in [7, 11) is 0. The normalized spacial score (nSPS) is 10.2. The molecule has 0 radical (unpaired) electrons. The van der Waals surface area contributed by atoms with Crippen molar-refractivity contribution >= 4 is 0 Å². The molecule has 0 bridgehead atoms. The van der Waals surface area contributed by atoms with E-state index in [2.05, 4.69) is 4.98 Å². The number of hydrogen-bond acceptors (Lipinski definition) is 2. The second-order valence-electron chi connectivity index (χ2n) is 3.28. The first kappa shape index (κ1) is 9.45. The third-order valence-electron chi connectivity index (χ3n) is 2.15. The molecule has 0 saturated carbocycles. The standard InChI is InChI=1S/C11H10N2O2/c1-8-7-9(14)12-11(15)10(8)13-5-3-2-4-6-13/h2-7H,1H3,(H-,12,14,15). The third-order valence-corrected chi connectivity index (χ3v) is 2.15. The summed E-state index contributed by atoms with van der Waals surface area (Å²) in [6.45, 7) is 1.74. The molecule has 2 aromatic rings. The molecule has 0 aliphatic rings. The van der Waals surface area contributed by atoms with E-state index in [-0.39, 0.29) is 11.4 Å². The summed E-state index contributed by atoms with van der Waals surface area (Å²) < 4.78 is 1.69. The van der Waals surface area contributed by atoms with Gasteiger partial charge in [0.25, 0.3) is 0 Å². The minimum Gasteiger partial charge on any atom is -0.856 e.